The number of halogens is 6. The standard InChI is InChI=1S/C27H28F4I2O2S/c1-24(2)21-16-10-12-18-23(21)33(5,34-24)35-25(3,4)20-15-9-11-17-22(20)32(35)26(28,29)27(30,31)36-19-13-7-6-8-14-19/h6-18H,1-5H3. The molecule has 2 aliphatic heterocycles. The van der Waals surface area contributed by atoms with Crippen LogP contribution < -0.4 is 19.3 Å². The van der Waals surface area contributed by atoms with Gasteiger partial charge in [0, 0.05) is 0 Å². The van der Waals surface area contributed by atoms with E-state index in [-0.39, 0.29) is 16.7 Å². The molecule has 0 N–H and O–H groups in total. The van der Waals surface area contributed by atoms with Gasteiger partial charge >= 0.3 is 228 Å². The van der Waals surface area contributed by atoms with Gasteiger partial charge in [-0.15, -0.1) is 0 Å². The predicted octanol–water partition coefficient (Wildman–Crippen LogP) is 5.81. The zero-order valence-corrected chi connectivity index (χ0v) is 25.6. The van der Waals surface area contributed by atoms with Gasteiger partial charge in [0.25, 0.3) is 0 Å². The maximum atomic E-state index is 16.5. The summed E-state index contributed by atoms with van der Waals surface area (Å²) in [6.45, 7) is 7.54. The number of hydrogen-bond acceptors (Lipinski definition) is 2. The Labute approximate surface area is 226 Å². The van der Waals surface area contributed by atoms with E-state index >= 15 is 17.6 Å². The summed E-state index contributed by atoms with van der Waals surface area (Å²) in [6.07, 6.45) is 0. The monoisotopic (exact) mass is 746 g/mol. The van der Waals surface area contributed by atoms with Gasteiger partial charge in [-0.05, 0) is 0 Å². The molecule has 5 rings (SSSR count). The van der Waals surface area contributed by atoms with Crippen LogP contribution in [0.2, 0.25) is 0 Å². The third-order valence-corrected chi connectivity index (χ3v) is 27.5. The molecule has 0 aromatic heterocycles. The summed E-state index contributed by atoms with van der Waals surface area (Å²) in [6, 6.07) is 22.2. The molecule has 3 aromatic rings. The van der Waals surface area contributed by atoms with Crippen molar-refractivity contribution < 1.29 is 40.9 Å². The number of benzene rings is 3. The average Bonchev–Trinajstić information content (AvgIpc) is 3.19. The minimum atomic E-state index is -4.32. The van der Waals surface area contributed by atoms with Crippen molar-refractivity contribution in [1.82, 2.24) is 0 Å². The van der Waals surface area contributed by atoms with E-state index in [4.69, 9.17) is 3.07 Å². The minimum absolute atomic E-state index is 0.0616. The third kappa shape index (κ3) is 3.94. The summed E-state index contributed by atoms with van der Waals surface area (Å²) < 4.78 is 71.1. The van der Waals surface area contributed by atoms with Crippen molar-refractivity contribution in [3.8, 4) is 0 Å². The van der Waals surface area contributed by atoms with Gasteiger partial charge in [-0.2, -0.15) is 0 Å². The van der Waals surface area contributed by atoms with Crippen molar-refractivity contribution in [2.75, 3.05) is 4.93 Å². The molecule has 0 aliphatic carbocycles. The topological polar surface area (TPSA) is 11.9 Å². The molecule has 0 radical (unpaired) electrons. The number of hydrogen-bond donors (Lipinski definition) is 0. The van der Waals surface area contributed by atoms with E-state index in [2.05, 4.69) is 1.03 Å². The van der Waals surface area contributed by atoms with Crippen LogP contribution in [0.1, 0.15) is 38.8 Å². The first-order chi connectivity index (χ1) is 16.7. The molecule has 3 aromatic carbocycles. The molecule has 0 bridgehead atoms. The van der Waals surface area contributed by atoms with Crippen LogP contribution in [0.25, 0.3) is 0 Å². The van der Waals surface area contributed by atoms with Crippen LogP contribution in [0.4, 0.5) is 17.6 Å². The van der Waals surface area contributed by atoms with E-state index in [1.54, 1.807) is 42.5 Å². The van der Waals surface area contributed by atoms with Crippen molar-refractivity contribution in [1.29, 1.82) is 0 Å². The van der Waals surface area contributed by atoms with Gasteiger partial charge in [-0.25, -0.2) is 0 Å². The average molecular weight is 746 g/mol. The zero-order valence-electron chi connectivity index (χ0n) is 20.5. The first-order valence-corrected chi connectivity index (χ1v) is 20.1. The van der Waals surface area contributed by atoms with Gasteiger partial charge in [0.15, 0.2) is 0 Å². The molecule has 1 unspecified atom stereocenters. The maximum absolute atomic E-state index is 16.5. The van der Waals surface area contributed by atoms with Gasteiger partial charge < -0.3 is 0 Å². The fourth-order valence-corrected chi connectivity index (χ4v) is 29.1. The number of alkyl halides is 6. The Hall–Kier alpha value is -0.890. The van der Waals surface area contributed by atoms with Crippen molar-refractivity contribution in [2.45, 2.75) is 53.0 Å². The summed E-state index contributed by atoms with van der Waals surface area (Å²) in [4.78, 5) is 2.01. The molecule has 0 saturated carbocycles. The molecule has 0 spiro atoms. The Kier molecular flexibility index (Phi) is 6.54. The summed E-state index contributed by atoms with van der Waals surface area (Å²) in [5.41, 5.74) is -0.0704. The Morgan fingerprint density at radius 3 is 2.03 bits per heavy atom. The Bertz CT molecular complexity index is 1300. The van der Waals surface area contributed by atoms with Crippen molar-refractivity contribution >= 4 is 32.0 Å². The first-order valence-electron chi connectivity index (χ1n) is 11.3. The van der Waals surface area contributed by atoms with E-state index in [0.29, 0.717) is 9.13 Å². The molecule has 196 valence electrons. The third-order valence-electron chi connectivity index (χ3n) is 6.25. The molecule has 2 aliphatic rings. The molecule has 2 nitrogen and oxygen atoms in total. The SMILES string of the molecule is CC1(C)O[I-](C)([O+]2I(C(F)(F)C(F)(F)Sc3ccccc3)c3ccccc3C2(C)C)c2ccccc21. The van der Waals surface area contributed by atoms with Crippen LogP contribution in [0.5, 0.6) is 0 Å². The van der Waals surface area contributed by atoms with E-state index in [1.807, 2.05) is 56.9 Å². The van der Waals surface area contributed by atoms with Crippen molar-refractivity contribution in [3.63, 3.8) is 0 Å². The van der Waals surface area contributed by atoms with Gasteiger partial charge in [-0.1, -0.05) is 0 Å². The number of fused-ring (bicyclic) bond motifs is 2. The summed E-state index contributed by atoms with van der Waals surface area (Å²) in [5.74, 6) is 0. The van der Waals surface area contributed by atoms with Gasteiger partial charge in [0.2, 0.25) is 0 Å². The van der Waals surface area contributed by atoms with Crippen LogP contribution in [0, 0.1) is 7.14 Å². The predicted molar refractivity (Wildman–Crippen MR) is 141 cm³/mol. The van der Waals surface area contributed by atoms with E-state index in [1.165, 1.54) is 12.1 Å². The number of thioether (sulfide) groups is 1. The Morgan fingerprint density at radius 2 is 1.36 bits per heavy atom. The van der Waals surface area contributed by atoms with Crippen LogP contribution in [-0.2, 0) is 15.3 Å². The molecule has 36 heavy (non-hydrogen) atoms. The molecule has 0 saturated heterocycles. The molecule has 1 atom stereocenters. The normalized spacial score (nSPS) is 25.8. The number of rotatable bonds is 5. The van der Waals surface area contributed by atoms with Gasteiger partial charge in [-0.3, -0.25) is 0 Å². The zero-order chi connectivity index (χ0) is 26.1. The molecule has 0 amide bonds. The molecular weight excluding hydrogens is 718 g/mol. The fraction of sp³-hybridized carbons (Fsp3) is 0.333. The van der Waals surface area contributed by atoms with Crippen LogP contribution in [-0.4, -0.2) is 14.1 Å². The van der Waals surface area contributed by atoms with Crippen LogP contribution in [0.3, 0.4) is 0 Å². The molecule has 9 heteroatoms. The Balaban J connectivity index is 1.70. The van der Waals surface area contributed by atoms with Gasteiger partial charge in [0.05, 0.1) is 0 Å². The van der Waals surface area contributed by atoms with Crippen LogP contribution >= 0.6 is 32.0 Å². The second-order valence-corrected chi connectivity index (χ2v) is 23.9. The fourth-order valence-electron chi connectivity index (χ4n) is 4.74. The van der Waals surface area contributed by atoms with E-state index in [9.17, 15) is 0 Å². The van der Waals surface area contributed by atoms with E-state index in [0.717, 1.165) is 9.13 Å². The molecule has 2 heterocycles. The first kappa shape index (κ1) is 26.7. The second-order valence-electron chi connectivity index (χ2n) is 9.66. The Morgan fingerprint density at radius 1 is 0.806 bits per heavy atom. The summed E-state index contributed by atoms with van der Waals surface area (Å²) in [5, 5.41) is -4.32. The van der Waals surface area contributed by atoms with Crippen molar-refractivity contribution in [3.05, 3.63) is 97.1 Å². The molecule has 0 fully saturated rings. The summed E-state index contributed by atoms with van der Waals surface area (Å²) in [7, 11) is 0. The quantitative estimate of drug-likeness (QED) is 0.108. The van der Waals surface area contributed by atoms with Gasteiger partial charge in [0.1, 0.15) is 0 Å². The summed E-state index contributed by atoms with van der Waals surface area (Å²) >= 11 is -8.23. The second kappa shape index (κ2) is 8.82. The van der Waals surface area contributed by atoms with E-state index < -0.39 is 59.9 Å². The van der Waals surface area contributed by atoms with Crippen molar-refractivity contribution in [2.24, 2.45) is 0 Å². The van der Waals surface area contributed by atoms with Crippen LogP contribution in [0.15, 0.2) is 83.8 Å². The molecular formula is C27H28F4I2O2S.